The zero-order valence-electron chi connectivity index (χ0n) is 15.6. The van der Waals surface area contributed by atoms with E-state index in [1.165, 1.54) is 27.1 Å². The minimum absolute atomic E-state index is 0.962. The summed E-state index contributed by atoms with van der Waals surface area (Å²) in [5, 5.41) is 5.03. The molecular weight excluding hydrogens is 316 g/mol. The standard InChI is InChI=1S/C12H8O.C11H10.C2H6/c1-3-7-11-9(5-1)10-6-2-4-8-12(10)13-11;1-9-6-7-10-4-2-3-5-11(10)8-9;1-2/h1-8H;2-8H,1H3;1-2H3. The minimum Gasteiger partial charge on any atom is -0.456 e. The Morgan fingerprint density at radius 1 is 0.538 bits per heavy atom. The molecule has 1 nitrogen and oxygen atoms in total. The Kier molecular flexibility index (Phi) is 5.70. The maximum Gasteiger partial charge on any atom is 0.135 e. The third-order valence-corrected chi connectivity index (χ3v) is 4.19. The summed E-state index contributed by atoms with van der Waals surface area (Å²) in [5.74, 6) is 0. The van der Waals surface area contributed by atoms with Crippen LogP contribution in [0.5, 0.6) is 0 Å². The Morgan fingerprint density at radius 2 is 1.04 bits per heavy atom. The molecule has 0 bridgehead atoms. The summed E-state index contributed by atoms with van der Waals surface area (Å²) in [5.41, 5.74) is 3.25. The van der Waals surface area contributed by atoms with Crippen molar-refractivity contribution in [3.05, 3.63) is 96.6 Å². The Balaban J connectivity index is 0.000000140. The van der Waals surface area contributed by atoms with Gasteiger partial charge < -0.3 is 4.42 Å². The van der Waals surface area contributed by atoms with Crippen LogP contribution in [0.1, 0.15) is 19.4 Å². The van der Waals surface area contributed by atoms with Crippen molar-refractivity contribution in [3.8, 4) is 0 Å². The summed E-state index contributed by atoms with van der Waals surface area (Å²) < 4.78 is 5.65. The normalized spacial score (nSPS) is 10.1. The van der Waals surface area contributed by atoms with E-state index in [2.05, 4.69) is 61.5 Å². The third kappa shape index (κ3) is 3.78. The summed E-state index contributed by atoms with van der Waals surface area (Å²) in [4.78, 5) is 0. The Hall–Kier alpha value is -3.06. The molecule has 0 fully saturated rings. The van der Waals surface area contributed by atoms with Gasteiger partial charge in [-0.25, -0.2) is 0 Å². The van der Waals surface area contributed by atoms with Crippen LogP contribution in [0.3, 0.4) is 0 Å². The third-order valence-electron chi connectivity index (χ3n) is 4.19. The predicted molar refractivity (Wildman–Crippen MR) is 114 cm³/mol. The van der Waals surface area contributed by atoms with E-state index in [0.29, 0.717) is 0 Å². The number of benzene rings is 4. The highest BCUT2D eigenvalue weighted by Gasteiger charge is 2.03. The van der Waals surface area contributed by atoms with Crippen LogP contribution in [-0.2, 0) is 0 Å². The molecule has 5 rings (SSSR count). The highest BCUT2D eigenvalue weighted by Crippen LogP contribution is 2.27. The van der Waals surface area contributed by atoms with E-state index < -0.39 is 0 Å². The van der Waals surface area contributed by atoms with Crippen LogP contribution in [0.2, 0.25) is 0 Å². The van der Waals surface area contributed by atoms with Crippen molar-refractivity contribution in [2.75, 3.05) is 0 Å². The SMILES string of the molecule is CC.Cc1ccc2ccccc2c1.c1ccc2c(c1)oc1ccccc12. The zero-order chi connectivity index (χ0) is 18.4. The Labute approximate surface area is 154 Å². The maximum atomic E-state index is 5.65. The fraction of sp³-hybridized carbons (Fsp3) is 0.120. The lowest BCUT2D eigenvalue weighted by Gasteiger charge is -1.96. The van der Waals surface area contributed by atoms with Gasteiger partial charge in [0, 0.05) is 10.8 Å². The topological polar surface area (TPSA) is 13.1 Å². The second kappa shape index (κ2) is 8.35. The van der Waals surface area contributed by atoms with Gasteiger partial charge in [-0.1, -0.05) is 98.3 Å². The fourth-order valence-corrected chi connectivity index (χ4v) is 2.98. The number of hydrogen-bond donors (Lipinski definition) is 0. The zero-order valence-corrected chi connectivity index (χ0v) is 15.6. The molecular formula is C25H24O. The molecule has 0 amide bonds. The number of hydrogen-bond acceptors (Lipinski definition) is 1. The fourth-order valence-electron chi connectivity index (χ4n) is 2.98. The van der Waals surface area contributed by atoms with Gasteiger partial charge in [0.2, 0.25) is 0 Å². The molecule has 0 aliphatic rings. The van der Waals surface area contributed by atoms with E-state index in [1.54, 1.807) is 0 Å². The van der Waals surface area contributed by atoms with Crippen molar-refractivity contribution in [1.29, 1.82) is 0 Å². The smallest absolute Gasteiger partial charge is 0.135 e. The molecule has 0 saturated heterocycles. The van der Waals surface area contributed by atoms with Crippen molar-refractivity contribution in [1.82, 2.24) is 0 Å². The van der Waals surface area contributed by atoms with Crippen LogP contribution in [0, 0.1) is 6.92 Å². The van der Waals surface area contributed by atoms with E-state index in [0.717, 1.165) is 11.2 Å². The van der Waals surface area contributed by atoms with Gasteiger partial charge in [0.15, 0.2) is 0 Å². The molecule has 5 aromatic rings. The van der Waals surface area contributed by atoms with Gasteiger partial charge in [-0.2, -0.15) is 0 Å². The van der Waals surface area contributed by atoms with Crippen molar-refractivity contribution in [2.45, 2.75) is 20.8 Å². The first kappa shape index (κ1) is 17.8. The van der Waals surface area contributed by atoms with E-state index in [-0.39, 0.29) is 0 Å². The maximum absolute atomic E-state index is 5.65. The minimum atomic E-state index is 0.962. The second-order valence-electron chi connectivity index (χ2n) is 5.94. The quantitative estimate of drug-likeness (QED) is 0.281. The highest BCUT2D eigenvalue weighted by atomic mass is 16.3. The van der Waals surface area contributed by atoms with Crippen LogP contribution in [0.4, 0.5) is 0 Å². The predicted octanol–water partition coefficient (Wildman–Crippen LogP) is 7.76. The van der Waals surface area contributed by atoms with Crippen LogP contribution in [0.15, 0.2) is 95.4 Å². The molecule has 0 aliphatic heterocycles. The number of para-hydroxylation sites is 2. The molecule has 4 aromatic carbocycles. The van der Waals surface area contributed by atoms with Gasteiger partial charge in [-0.15, -0.1) is 0 Å². The lowest BCUT2D eigenvalue weighted by Crippen LogP contribution is -1.73. The number of fused-ring (bicyclic) bond motifs is 4. The number of furan rings is 1. The highest BCUT2D eigenvalue weighted by molar-refractivity contribution is 6.04. The van der Waals surface area contributed by atoms with Crippen LogP contribution < -0.4 is 0 Å². The molecule has 0 spiro atoms. The van der Waals surface area contributed by atoms with E-state index in [1.807, 2.05) is 50.2 Å². The van der Waals surface area contributed by atoms with Crippen LogP contribution in [0.25, 0.3) is 32.7 Å². The lowest BCUT2D eigenvalue weighted by molar-refractivity contribution is 0.669. The van der Waals surface area contributed by atoms with Gasteiger partial charge >= 0.3 is 0 Å². The average molecular weight is 340 g/mol. The van der Waals surface area contributed by atoms with Gasteiger partial charge in [0.05, 0.1) is 0 Å². The first-order valence-corrected chi connectivity index (χ1v) is 9.13. The summed E-state index contributed by atoms with van der Waals surface area (Å²) in [6, 6.07) is 31.1. The van der Waals surface area contributed by atoms with Crippen LogP contribution >= 0.6 is 0 Å². The molecule has 0 saturated carbocycles. The Bertz CT molecular complexity index is 1070. The van der Waals surface area contributed by atoms with Gasteiger partial charge in [0.25, 0.3) is 0 Å². The van der Waals surface area contributed by atoms with Crippen molar-refractivity contribution < 1.29 is 4.42 Å². The van der Waals surface area contributed by atoms with Gasteiger partial charge in [0.1, 0.15) is 11.2 Å². The molecule has 0 unspecified atom stereocenters. The van der Waals surface area contributed by atoms with E-state index in [9.17, 15) is 0 Å². The van der Waals surface area contributed by atoms with E-state index in [4.69, 9.17) is 4.42 Å². The van der Waals surface area contributed by atoms with Gasteiger partial charge in [-0.05, 0) is 29.8 Å². The van der Waals surface area contributed by atoms with Crippen molar-refractivity contribution >= 4 is 32.7 Å². The summed E-state index contributed by atoms with van der Waals surface area (Å²) in [6.45, 7) is 6.12. The summed E-state index contributed by atoms with van der Waals surface area (Å²) in [7, 11) is 0. The lowest BCUT2D eigenvalue weighted by atomic mass is 10.1. The van der Waals surface area contributed by atoms with Crippen LogP contribution in [-0.4, -0.2) is 0 Å². The molecule has 26 heavy (non-hydrogen) atoms. The average Bonchev–Trinajstić information content (AvgIpc) is 3.09. The molecule has 0 aliphatic carbocycles. The largest absolute Gasteiger partial charge is 0.456 e. The summed E-state index contributed by atoms with van der Waals surface area (Å²) >= 11 is 0. The number of rotatable bonds is 0. The first-order valence-electron chi connectivity index (χ1n) is 9.13. The molecule has 130 valence electrons. The van der Waals surface area contributed by atoms with Gasteiger partial charge in [-0.3, -0.25) is 0 Å². The van der Waals surface area contributed by atoms with Crippen molar-refractivity contribution in [3.63, 3.8) is 0 Å². The first-order chi connectivity index (χ1) is 12.8. The van der Waals surface area contributed by atoms with Crippen molar-refractivity contribution in [2.24, 2.45) is 0 Å². The van der Waals surface area contributed by atoms with E-state index >= 15 is 0 Å². The molecule has 1 heterocycles. The molecule has 0 radical (unpaired) electrons. The Morgan fingerprint density at radius 3 is 1.65 bits per heavy atom. The monoisotopic (exact) mass is 340 g/mol. The molecule has 0 atom stereocenters. The number of aryl methyl sites for hydroxylation is 1. The summed E-state index contributed by atoms with van der Waals surface area (Å²) in [6.07, 6.45) is 0. The second-order valence-corrected chi connectivity index (χ2v) is 5.94. The molecule has 0 N–H and O–H groups in total. The molecule has 1 heteroatoms. The molecule has 1 aromatic heterocycles.